The van der Waals surface area contributed by atoms with Gasteiger partial charge in [-0.15, -0.1) is 0 Å². The maximum Gasteiger partial charge on any atom is 0.110 e. The Morgan fingerprint density at radius 3 is 2.72 bits per heavy atom. The summed E-state index contributed by atoms with van der Waals surface area (Å²) < 4.78 is 0. The van der Waals surface area contributed by atoms with Gasteiger partial charge in [0.05, 0.1) is 11.0 Å². The summed E-state index contributed by atoms with van der Waals surface area (Å²) in [6.07, 6.45) is 6.04. The molecule has 1 atom stereocenters. The molecule has 0 aliphatic heterocycles. The number of hydrogen-bond acceptors (Lipinski definition) is 1. The molecule has 0 spiro atoms. The van der Waals surface area contributed by atoms with E-state index < -0.39 is 0 Å². The SMILES string of the molecule is CCCCC(CC)c1nc2ccc(CC)cc2[nH]1. The largest absolute Gasteiger partial charge is 0.342 e. The van der Waals surface area contributed by atoms with Crippen molar-refractivity contribution in [1.82, 2.24) is 9.97 Å². The lowest BCUT2D eigenvalue weighted by molar-refractivity contribution is 0.549. The van der Waals surface area contributed by atoms with Crippen LogP contribution in [0.3, 0.4) is 0 Å². The van der Waals surface area contributed by atoms with Crippen LogP contribution in [0.2, 0.25) is 0 Å². The second-order valence-corrected chi connectivity index (χ2v) is 5.07. The Kier molecular flexibility index (Phi) is 4.40. The number of aromatic nitrogens is 2. The van der Waals surface area contributed by atoms with Crippen molar-refractivity contribution in [1.29, 1.82) is 0 Å². The number of hydrogen-bond donors (Lipinski definition) is 1. The molecule has 0 saturated heterocycles. The van der Waals surface area contributed by atoms with E-state index in [1.807, 2.05) is 0 Å². The van der Waals surface area contributed by atoms with Gasteiger partial charge >= 0.3 is 0 Å². The van der Waals surface area contributed by atoms with Crippen LogP contribution in [-0.2, 0) is 6.42 Å². The van der Waals surface area contributed by atoms with Gasteiger partial charge in [0.1, 0.15) is 5.82 Å². The highest BCUT2D eigenvalue weighted by Gasteiger charge is 2.13. The molecular formula is C16H24N2. The molecule has 0 radical (unpaired) electrons. The number of aromatic amines is 1. The van der Waals surface area contributed by atoms with Crippen molar-refractivity contribution in [3.63, 3.8) is 0 Å². The first-order chi connectivity index (χ1) is 8.78. The molecule has 98 valence electrons. The van der Waals surface area contributed by atoms with Crippen molar-refractivity contribution < 1.29 is 0 Å². The fraction of sp³-hybridized carbons (Fsp3) is 0.562. The van der Waals surface area contributed by atoms with Gasteiger partial charge in [-0.1, -0.05) is 39.7 Å². The third-order valence-corrected chi connectivity index (χ3v) is 3.76. The number of imidazole rings is 1. The van der Waals surface area contributed by atoms with E-state index in [1.54, 1.807) is 0 Å². The van der Waals surface area contributed by atoms with Crippen LogP contribution in [0.1, 0.15) is 63.8 Å². The molecule has 0 amide bonds. The van der Waals surface area contributed by atoms with Gasteiger partial charge in [-0.25, -0.2) is 4.98 Å². The molecule has 0 saturated carbocycles. The van der Waals surface area contributed by atoms with E-state index in [2.05, 4.69) is 44.0 Å². The molecule has 0 aliphatic rings. The molecule has 0 aliphatic carbocycles. The van der Waals surface area contributed by atoms with Gasteiger partial charge < -0.3 is 4.98 Å². The van der Waals surface area contributed by atoms with E-state index >= 15 is 0 Å². The fourth-order valence-electron chi connectivity index (χ4n) is 2.47. The number of nitrogens with one attached hydrogen (secondary N) is 1. The lowest BCUT2D eigenvalue weighted by Crippen LogP contribution is -1.99. The highest BCUT2D eigenvalue weighted by atomic mass is 14.9. The van der Waals surface area contributed by atoms with Gasteiger partial charge in [0, 0.05) is 5.92 Å². The Bertz CT molecular complexity index is 499. The normalized spacial score (nSPS) is 13.1. The summed E-state index contributed by atoms with van der Waals surface area (Å²) in [6, 6.07) is 6.55. The fourth-order valence-corrected chi connectivity index (χ4v) is 2.47. The average molecular weight is 244 g/mol. The topological polar surface area (TPSA) is 28.7 Å². The minimum Gasteiger partial charge on any atom is -0.342 e. The number of aryl methyl sites for hydroxylation is 1. The molecule has 18 heavy (non-hydrogen) atoms. The van der Waals surface area contributed by atoms with E-state index in [0.717, 1.165) is 11.9 Å². The number of benzene rings is 1. The van der Waals surface area contributed by atoms with Crippen LogP contribution in [0, 0.1) is 0 Å². The second-order valence-electron chi connectivity index (χ2n) is 5.07. The lowest BCUT2D eigenvalue weighted by atomic mass is 9.99. The second kappa shape index (κ2) is 6.03. The van der Waals surface area contributed by atoms with Gasteiger partial charge in [0.15, 0.2) is 0 Å². The van der Waals surface area contributed by atoms with Crippen molar-refractivity contribution in [3.8, 4) is 0 Å². The zero-order valence-corrected chi connectivity index (χ0v) is 11.8. The van der Waals surface area contributed by atoms with Crippen molar-refractivity contribution in [2.75, 3.05) is 0 Å². The van der Waals surface area contributed by atoms with Crippen LogP contribution in [0.4, 0.5) is 0 Å². The Hall–Kier alpha value is -1.31. The summed E-state index contributed by atoms with van der Waals surface area (Å²) in [7, 11) is 0. The number of unbranched alkanes of at least 4 members (excludes halogenated alkanes) is 1. The van der Waals surface area contributed by atoms with Gasteiger partial charge in [-0.05, 0) is 37.0 Å². The lowest BCUT2D eigenvalue weighted by Gasteiger charge is -2.10. The van der Waals surface area contributed by atoms with E-state index in [0.29, 0.717) is 5.92 Å². The molecule has 1 aromatic carbocycles. The number of fused-ring (bicyclic) bond motifs is 1. The smallest absolute Gasteiger partial charge is 0.110 e. The zero-order chi connectivity index (χ0) is 13.0. The monoisotopic (exact) mass is 244 g/mol. The van der Waals surface area contributed by atoms with Crippen LogP contribution < -0.4 is 0 Å². The summed E-state index contributed by atoms with van der Waals surface area (Å²) >= 11 is 0. The first-order valence-corrected chi connectivity index (χ1v) is 7.27. The summed E-state index contributed by atoms with van der Waals surface area (Å²) in [6.45, 7) is 6.69. The number of H-pyrrole nitrogens is 1. The molecule has 2 heteroatoms. The van der Waals surface area contributed by atoms with E-state index in [9.17, 15) is 0 Å². The molecule has 2 rings (SSSR count). The minimum absolute atomic E-state index is 0.586. The maximum absolute atomic E-state index is 4.76. The highest BCUT2D eigenvalue weighted by Crippen LogP contribution is 2.25. The van der Waals surface area contributed by atoms with Crippen molar-refractivity contribution in [2.24, 2.45) is 0 Å². The molecule has 0 bridgehead atoms. The third-order valence-electron chi connectivity index (χ3n) is 3.76. The highest BCUT2D eigenvalue weighted by molar-refractivity contribution is 5.76. The molecule has 2 aromatic rings. The molecular weight excluding hydrogens is 220 g/mol. The average Bonchev–Trinajstić information content (AvgIpc) is 2.82. The van der Waals surface area contributed by atoms with E-state index in [-0.39, 0.29) is 0 Å². The van der Waals surface area contributed by atoms with Crippen LogP contribution in [0.15, 0.2) is 18.2 Å². The molecule has 2 nitrogen and oxygen atoms in total. The summed E-state index contributed by atoms with van der Waals surface area (Å²) in [5.41, 5.74) is 3.68. The van der Waals surface area contributed by atoms with E-state index in [1.165, 1.54) is 42.6 Å². The molecule has 1 heterocycles. The molecule has 1 aromatic heterocycles. The Morgan fingerprint density at radius 1 is 1.22 bits per heavy atom. The summed E-state index contributed by atoms with van der Waals surface area (Å²) in [4.78, 5) is 8.28. The quantitative estimate of drug-likeness (QED) is 0.776. The standard InChI is InChI=1S/C16H24N2/c1-4-7-8-13(6-3)16-17-14-10-9-12(5-2)11-15(14)18-16/h9-11,13H,4-8H2,1-3H3,(H,17,18). The van der Waals surface area contributed by atoms with Crippen LogP contribution in [0.5, 0.6) is 0 Å². The predicted molar refractivity (Wildman–Crippen MR) is 78.0 cm³/mol. The van der Waals surface area contributed by atoms with Gasteiger partial charge in [0.2, 0.25) is 0 Å². The molecule has 0 fully saturated rings. The van der Waals surface area contributed by atoms with Crippen LogP contribution >= 0.6 is 0 Å². The van der Waals surface area contributed by atoms with Crippen LogP contribution in [0.25, 0.3) is 11.0 Å². The predicted octanol–water partition coefficient (Wildman–Crippen LogP) is 4.81. The van der Waals surface area contributed by atoms with Crippen LogP contribution in [-0.4, -0.2) is 9.97 Å². The van der Waals surface area contributed by atoms with Crippen molar-refractivity contribution in [3.05, 3.63) is 29.6 Å². The van der Waals surface area contributed by atoms with Gasteiger partial charge in [-0.3, -0.25) is 0 Å². The Labute approximate surface area is 110 Å². The zero-order valence-electron chi connectivity index (χ0n) is 11.8. The summed E-state index contributed by atoms with van der Waals surface area (Å²) in [5, 5.41) is 0. The molecule has 1 unspecified atom stereocenters. The minimum atomic E-state index is 0.586. The third kappa shape index (κ3) is 2.74. The van der Waals surface area contributed by atoms with E-state index in [4.69, 9.17) is 4.98 Å². The van der Waals surface area contributed by atoms with Crippen molar-refractivity contribution >= 4 is 11.0 Å². The maximum atomic E-state index is 4.76. The first kappa shape index (κ1) is 13.1. The summed E-state index contributed by atoms with van der Waals surface area (Å²) in [5.74, 6) is 1.76. The molecule has 1 N–H and O–H groups in total. The first-order valence-electron chi connectivity index (χ1n) is 7.27. The van der Waals surface area contributed by atoms with Gasteiger partial charge in [-0.2, -0.15) is 0 Å². The van der Waals surface area contributed by atoms with Crippen molar-refractivity contribution in [2.45, 2.75) is 58.8 Å². The Morgan fingerprint density at radius 2 is 2.06 bits per heavy atom. The number of nitrogens with zero attached hydrogens (tertiary/aromatic N) is 1. The number of rotatable bonds is 6. The van der Waals surface area contributed by atoms with Gasteiger partial charge in [0.25, 0.3) is 0 Å². The Balaban J connectivity index is 2.27.